The van der Waals surface area contributed by atoms with Crippen molar-refractivity contribution in [2.75, 3.05) is 6.26 Å². The highest BCUT2D eigenvalue weighted by Gasteiger charge is 2.16. The van der Waals surface area contributed by atoms with Gasteiger partial charge in [-0.25, -0.2) is 0 Å². The molecule has 0 spiro atoms. The summed E-state index contributed by atoms with van der Waals surface area (Å²) < 4.78 is 26.7. The summed E-state index contributed by atoms with van der Waals surface area (Å²) in [5, 5.41) is 0. The molecule has 0 aromatic heterocycles. The van der Waals surface area contributed by atoms with E-state index in [1.54, 1.807) is 0 Å². The van der Waals surface area contributed by atoms with E-state index in [0.717, 1.165) is 31.9 Å². The van der Waals surface area contributed by atoms with Gasteiger partial charge in [0.15, 0.2) is 0 Å². The van der Waals surface area contributed by atoms with Gasteiger partial charge in [-0.1, -0.05) is 32.1 Å². The van der Waals surface area contributed by atoms with Crippen molar-refractivity contribution in [1.82, 2.24) is 0 Å². The summed E-state index contributed by atoms with van der Waals surface area (Å²) in [5.74, 6) is 0. The first-order valence-electron chi connectivity index (χ1n) is 4.96. The molecule has 0 radical (unpaired) electrons. The molecule has 0 N–H and O–H groups in total. The Balaban J connectivity index is 2.38. The largest absolute Gasteiger partial charge is 0.267 e. The number of rotatable bonds is 2. The predicted molar refractivity (Wildman–Crippen MR) is 52.0 cm³/mol. The molecule has 0 atom stereocenters. The Kier molecular flexibility index (Phi) is 4.19. The second-order valence-electron chi connectivity index (χ2n) is 3.77. The van der Waals surface area contributed by atoms with Gasteiger partial charge in [-0.05, 0) is 12.8 Å². The van der Waals surface area contributed by atoms with Crippen LogP contribution < -0.4 is 0 Å². The van der Waals surface area contributed by atoms with Crippen LogP contribution in [-0.2, 0) is 14.3 Å². The van der Waals surface area contributed by atoms with Crippen molar-refractivity contribution in [1.29, 1.82) is 0 Å². The van der Waals surface area contributed by atoms with Gasteiger partial charge in [-0.2, -0.15) is 8.42 Å². The second kappa shape index (κ2) is 4.96. The SMILES string of the molecule is CS(=O)(=O)OC1CCCCCCC1. The molecule has 4 heteroatoms. The number of hydrogen-bond donors (Lipinski definition) is 0. The fourth-order valence-corrected chi connectivity index (χ4v) is 2.45. The molecule has 13 heavy (non-hydrogen) atoms. The molecule has 0 unspecified atom stereocenters. The first-order valence-corrected chi connectivity index (χ1v) is 6.78. The highest BCUT2D eigenvalue weighted by atomic mass is 32.2. The van der Waals surface area contributed by atoms with Gasteiger partial charge in [-0.15, -0.1) is 0 Å². The van der Waals surface area contributed by atoms with E-state index in [4.69, 9.17) is 4.18 Å². The van der Waals surface area contributed by atoms with E-state index in [1.165, 1.54) is 19.3 Å². The average Bonchev–Trinajstić information content (AvgIpc) is 1.92. The lowest BCUT2D eigenvalue weighted by Crippen LogP contribution is -2.18. The maximum absolute atomic E-state index is 10.9. The highest BCUT2D eigenvalue weighted by molar-refractivity contribution is 7.86. The Morgan fingerprint density at radius 3 is 1.92 bits per heavy atom. The molecule has 0 aliphatic heterocycles. The second-order valence-corrected chi connectivity index (χ2v) is 5.37. The van der Waals surface area contributed by atoms with Crippen LogP contribution in [0.1, 0.15) is 44.9 Å². The van der Waals surface area contributed by atoms with Gasteiger partial charge in [0.1, 0.15) is 0 Å². The van der Waals surface area contributed by atoms with Crippen molar-refractivity contribution in [2.24, 2.45) is 0 Å². The Morgan fingerprint density at radius 2 is 1.46 bits per heavy atom. The van der Waals surface area contributed by atoms with Crippen molar-refractivity contribution < 1.29 is 12.6 Å². The molecule has 1 rings (SSSR count). The van der Waals surface area contributed by atoms with Crippen LogP contribution in [0, 0.1) is 0 Å². The van der Waals surface area contributed by atoms with Crippen molar-refractivity contribution >= 4 is 10.1 Å². The summed E-state index contributed by atoms with van der Waals surface area (Å²) >= 11 is 0. The topological polar surface area (TPSA) is 43.4 Å². The Bertz CT molecular complexity index is 225. The third-order valence-corrected chi connectivity index (χ3v) is 2.98. The van der Waals surface area contributed by atoms with E-state index in [0.29, 0.717) is 0 Å². The first-order chi connectivity index (χ1) is 6.08. The summed E-state index contributed by atoms with van der Waals surface area (Å²) in [6.07, 6.45) is 8.76. The molecule has 3 nitrogen and oxygen atoms in total. The van der Waals surface area contributed by atoms with Gasteiger partial charge >= 0.3 is 0 Å². The summed E-state index contributed by atoms with van der Waals surface area (Å²) in [5.41, 5.74) is 0. The zero-order valence-corrected chi connectivity index (χ0v) is 8.98. The minimum atomic E-state index is -3.25. The molecular weight excluding hydrogens is 188 g/mol. The minimum absolute atomic E-state index is 0.0599. The van der Waals surface area contributed by atoms with Crippen molar-refractivity contribution in [2.45, 2.75) is 51.0 Å². The van der Waals surface area contributed by atoms with Gasteiger partial charge in [-0.3, -0.25) is 4.18 Å². The van der Waals surface area contributed by atoms with Gasteiger partial charge in [0.05, 0.1) is 12.4 Å². The van der Waals surface area contributed by atoms with Crippen molar-refractivity contribution in [3.05, 3.63) is 0 Å². The Morgan fingerprint density at radius 1 is 1.00 bits per heavy atom. The standard InChI is InChI=1S/C9H18O3S/c1-13(10,11)12-9-7-5-3-2-4-6-8-9/h9H,2-8H2,1H3. The molecule has 1 aliphatic carbocycles. The van der Waals surface area contributed by atoms with Gasteiger partial charge in [0.25, 0.3) is 10.1 Å². The monoisotopic (exact) mass is 206 g/mol. The van der Waals surface area contributed by atoms with Crippen molar-refractivity contribution in [3.8, 4) is 0 Å². The molecule has 0 aromatic rings. The first kappa shape index (κ1) is 11.0. The molecular formula is C9H18O3S. The molecule has 1 saturated carbocycles. The Labute approximate surface area is 80.6 Å². The van der Waals surface area contributed by atoms with Crippen LogP contribution in [0.2, 0.25) is 0 Å². The average molecular weight is 206 g/mol. The zero-order chi connectivity index (χ0) is 9.73. The van der Waals surface area contributed by atoms with Crippen LogP contribution >= 0.6 is 0 Å². The van der Waals surface area contributed by atoms with Crippen molar-refractivity contribution in [3.63, 3.8) is 0 Å². The van der Waals surface area contributed by atoms with E-state index < -0.39 is 10.1 Å². The molecule has 0 amide bonds. The molecule has 0 heterocycles. The van der Waals surface area contributed by atoms with Crippen LogP contribution in [-0.4, -0.2) is 20.8 Å². The van der Waals surface area contributed by atoms with E-state index >= 15 is 0 Å². The molecule has 0 bridgehead atoms. The van der Waals surface area contributed by atoms with Crippen LogP contribution in [0.25, 0.3) is 0 Å². The number of hydrogen-bond acceptors (Lipinski definition) is 3. The van der Waals surface area contributed by atoms with E-state index in [-0.39, 0.29) is 6.10 Å². The maximum Gasteiger partial charge on any atom is 0.264 e. The Hall–Kier alpha value is -0.0900. The molecule has 1 fully saturated rings. The van der Waals surface area contributed by atoms with E-state index in [1.807, 2.05) is 0 Å². The van der Waals surface area contributed by atoms with Gasteiger partial charge < -0.3 is 0 Å². The van der Waals surface area contributed by atoms with Crippen LogP contribution in [0.4, 0.5) is 0 Å². The van der Waals surface area contributed by atoms with Gasteiger partial charge in [0, 0.05) is 0 Å². The lowest BCUT2D eigenvalue weighted by atomic mass is 9.99. The fraction of sp³-hybridized carbons (Fsp3) is 1.00. The summed E-state index contributed by atoms with van der Waals surface area (Å²) in [6.45, 7) is 0. The normalized spacial score (nSPS) is 22.2. The molecule has 78 valence electrons. The molecule has 0 saturated heterocycles. The fourth-order valence-electron chi connectivity index (χ4n) is 1.76. The highest BCUT2D eigenvalue weighted by Crippen LogP contribution is 2.20. The lowest BCUT2D eigenvalue weighted by molar-refractivity contribution is 0.175. The van der Waals surface area contributed by atoms with Crippen LogP contribution in [0.3, 0.4) is 0 Å². The van der Waals surface area contributed by atoms with E-state index in [9.17, 15) is 8.42 Å². The predicted octanol–water partition coefficient (Wildman–Crippen LogP) is 2.08. The summed E-state index contributed by atoms with van der Waals surface area (Å²) in [7, 11) is -3.25. The maximum atomic E-state index is 10.9. The summed E-state index contributed by atoms with van der Waals surface area (Å²) in [4.78, 5) is 0. The van der Waals surface area contributed by atoms with E-state index in [2.05, 4.69) is 0 Å². The molecule has 0 aromatic carbocycles. The summed E-state index contributed by atoms with van der Waals surface area (Å²) in [6, 6.07) is 0. The van der Waals surface area contributed by atoms with Gasteiger partial charge in [0.2, 0.25) is 0 Å². The smallest absolute Gasteiger partial charge is 0.264 e. The zero-order valence-electron chi connectivity index (χ0n) is 8.16. The third kappa shape index (κ3) is 5.26. The quantitative estimate of drug-likeness (QED) is 0.650. The lowest BCUT2D eigenvalue weighted by Gasteiger charge is -2.18. The minimum Gasteiger partial charge on any atom is -0.267 e. The van der Waals surface area contributed by atoms with Crippen LogP contribution in [0.15, 0.2) is 0 Å². The molecule has 1 aliphatic rings. The third-order valence-electron chi connectivity index (χ3n) is 2.36. The van der Waals surface area contributed by atoms with Crippen LogP contribution in [0.5, 0.6) is 0 Å².